The smallest absolute Gasteiger partial charge is 0.132 e. The summed E-state index contributed by atoms with van der Waals surface area (Å²) in [7, 11) is 4.05. The second-order valence-electron chi connectivity index (χ2n) is 7.42. The summed E-state index contributed by atoms with van der Waals surface area (Å²) in [5.41, 5.74) is 9.84. The molecule has 1 unspecified atom stereocenters. The van der Waals surface area contributed by atoms with E-state index >= 15 is 0 Å². The molecule has 1 aliphatic heterocycles. The number of nitrogens with two attached hydrogens (primary N) is 1. The van der Waals surface area contributed by atoms with Crippen LogP contribution in [0, 0.1) is 0 Å². The summed E-state index contributed by atoms with van der Waals surface area (Å²) >= 11 is 0. The van der Waals surface area contributed by atoms with Crippen LogP contribution in [0.25, 0.3) is 11.1 Å². The molecule has 3 aromatic rings. The number of hydrogen-bond donors (Lipinski definition) is 1. The predicted octanol–water partition coefficient (Wildman–Crippen LogP) is 2.76. The van der Waals surface area contributed by atoms with Gasteiger partial charge in [-0.2, -0.15) is 0 Å². The molecule has 7 nitrogen and oxygen atoms in total. The standard InChI is InChI=1S/C22H26N6O/c1-27(2)22-18(4-3-9-24-22)14-28-10-11-29-20(15-28)19-7-5-16(12-25-19)17-6-8-21(23)26-13-17/h3-9,12-13,20H,10-11,14-15H2,1-2H3,(H2,23,26). The molecule has 0 amide bonds. The van der Waals surface area contributed by atoms with Crippen molar-refractivity contribution in [1.29, 1.82) is 0 Å². The van der Waals surface area contributed by atoms with Crippen LogP contribution >= 0.6 is 0 Å². The van der Waals surface area contributed by atoms with Gasteiger partial charge in [-0.15, -0.1) is 0 Å². The van der Waals surface area contributed by atoms with Crippen molar-refractivity contribution in [3.8, 4) is 11.1 Å². The van der Waals surface area contributed by atoms with E-state index in [9.17, 15) is 0 Å². The minimum atomic E-state index is -0.0400. The third kappa shape index (κ3) is 4.52. The highest BCUT2D eigenvalue weighted by atomic mass is 16.5. The van der Waals surface area contributed by atoms with Crippen LogP contribution in [0.2, 0.25) is 0 Å². The molecule has 1 fully saturated rings. The number of nitrogens with zero attached hydrogens (tertiary/aromatic N) is 5. The minimum Gasteiger partial charge on any atom is -0.384 e. The zero-order valence-corrected chi connectivity index (χ0v) is 16.8. The Labute approximate surface area is 171 Å². The summed E-state index contributed by atoms with van der Waals surface area (Å²) in [5.74, 6) is 1.52. The fraction of sp³-hybridized carbons (Fsp3) is 0.318. The fourth-order valence-electron chi connectivity index (χ4n) is 3.56. The monoisotopic (exact) mass is 390 g/mol. The molecule has 2 N–H and O–H groups in total. The van der Waals surface area contributed by atoms with Gasteiger partial charge >= 0.3 is 0 Å². The van der Waals surface area contributed by atoms with Crippen molar-refractivity contribution in [2.75, 3.05) is 44.4 Å². The number of morpholine rings is 1. The summed E-state index contributed by atoms with van der Waals surface area (Å²) in [6.07, 6.45) is 5.43. The van der Waals surface area contributed by atoms with E-state index in [2.05, 4.69) is 36.9 Å². The van der Waals surface area contributed by atoms with Crippen LogP contribution in [0.4, 0.5) is 11.6 Å². The van der Waals surface area contributed by atoms with Gasteiger partial charge in [-0.05, 0) is 24.3 Å². The van der Waals surface area contributed by atoms with Crippen LogP contribution in [0.1, 0.15) is 17.4 Å². The zero-order chi connectivity index (χ0) is 20.2. The molecule has 1 aliphatic rings. The lowest BCUT2D eigenvalue weighted by Gasteiger charge is -2.33. The molecule has 0 bridgehead atoms. The molecule has 0 aromatic carbocycles. The second kappa shape index (κ2) is 8.55. The molecule has 0 saturated carbocycles. The molecular weight excluding hydrogens is 364 g/mol. The first kappa shape index (κ1) is 19.3. The Bertz CT molecular complexity index is 942. The van der Waals surface area contributed by atoms with Gasteiger partial charge in [0.2, 0.25) is 0 Å². The van der Waals surface area contributed by atoms with E-state index in [1.165, 1.54) is 5.56 Å². The van der Waals surface area contributed by atoms with Gasteiger partial charge in [0, 0.05) is 69.0 Å². The first-order valence-electron chi connectivity index (χ1n) is 9.73. The fourth-order valence-corrected chi connectivity index (χ4v) is 3.56. The molecule has 1 atom stereocenters. The van der Waals surface area contributed by atoms with Crippen molar-refractivity contribution in [3.05, 3.63) is 66.2 Å². The van der Waals surface area contributed by atoms with E-state index in [1.807, 2.05) is 44.7 Å². The molecule has 4 rings (SSSR count). The third-order valence-corrected chi connectivity index (χ3v) is 5.07. The average Bonchev–Trinajstić information content (AvgIpc) is 2.75. The highest BCUT2D eigenvalue weighted by Crippen LogP contribution is 2.26. The first-order chi connectivity index (χ1) is 14.1. The summed E-state index contributed by atoms with van der Waals surface area (Å²) in [5, 5.41) is 0. The van der Waals surface area contributed by atoms with Crippen molar-refractivity contribution in [1.82, 2.24) is 19.9 Å². The van der Waals surface area contributed by atoms with Crippen molar-refractivity contribution in [2.45, 2.75) is 12.6 Å². The zero-order valence-electron chi connectivity index (χ0n) is 16.8. The lowest BCUT2D eigenvalue weighted by molar-refractivity contribution is -0.0349. The number of aromatic nitrogens is 3. The molecule has 4 heterocycles. The Morgan fingerprint density at radius 2 is 1.86 bits per heavy atom. The van der Waals surface area contributed by atoms with Crippen LogP contribution < -0.4 is 10.6 Å². The summed E-state index contributed by atoms with van der Waals surface area (Å²) in [6.45, 7) is 3.23. The van der Waals surface area contributed by atoms with Crippen LogP contribution in [0.3, 0.4) is 0 Å². The van der Waals surface area contributed by atoms with E-state index in [-0.39, 0.29) is 6.10 Å². The van der Waals surface area contributed by atoms with Crippen LogP contribution in [-0.4, -0.2) is 53.6 Å². The van der Waals surface area contributed by atoms with Crippen LogP contribution in [-0.2, 0) is 11.3 Å². The lowest BCUT2D eigenvalue weighted by Crippen LogP contribution is -2.38. The molecule has 1 saturated heterocycles. The molecule has 3 aromatic heterocycles. The molecule has 7 heteroatoms. The quantitative estimate of drug-likeness (QED) is 0.717. The number of nitrogen functional groups attached to an aromatic ring is 1. The van der Waals surface area contributed by atoms with Gasteiger partial charge in [0.1, 0.15) is 17.7 Å². The third-order valence-electron chi connectivity index (χ3n) is 5.07. The Hall–Kier alpha value is -3.03. The summed E-state index contributed by atoms with van der Waals surface area (Å²) in [6, 6.07) is 12.0. The van der Waals surface area contributed by atoms with E-state index < -0.39 is 0 Å². The Kier molecular flexibility index (Phi) is 5.69. The van der Waals surface area contributed by atoms with E-state index in [0.717, 1.165) is 42.3 Å². The van der Waals surface area contributed by atoms with E-state index in [4.69, 9.17) is 10.5 Å². The van der Waals surface area contributed by atoms with Crippen molar-refractivity contribution >= 4 is 11.6 Å². The Balaban J connectivity index is 1.45. The maximum atomic E-state index is 6.01. The van der Waals surface area contributed by atoms with Crippen LogP contribution in [0.5, 0.6) is 0 Å². The van der Waals surface area contributed by atoms with Crippen molar-refractivity contribution in [3.63, 3.8) is 0 Å². The van der Waals surface area contributed by atoms with Gasteiger partial charge in [0.15, 0.2) is 0 Å². The average molecular weight is 390 g/mol. The molecule has 150 valence electrons. The van der Waals surface area contributed by atoms with Gasteiger partial charge in [0.05, 0.1) is 12.3 Å². The number of anilines is 2. The lowest BCUT2D eigenvalue weighted by atomic mass is 10.1. The predicted molar refractivity (Wildman–Crippen MR) is 114 cm³/mol. The Morgan fingerprint density at radius 1 is 1.07 bits per heavy atom. The summed E-state index contributed by atoms with van der Waals surface area (Å²) in [4.78, 5) is 17.8. The molecular formula is C22H26N6O. The second-order valence-corrected chi connectivity index (χ2v) is 7.42. The topological polar surface area (TPSA) is 80.4 Å². The molecule has 0 spiro atoms. The SMILES string of the molecule is CN(C)c1ncccc1CN1CCOC(c2ccc(-c3ccc(N)nc3)cn2)C1. The van der Waals surface area contributed by atoms with E-state index in [0.29, 0.717) is 12.4 Å². The van der Waals surface area contributed by atoms with Crippen molar-refractivity contribution < 1.29 is 4.74 Å². The number of ether oxygens (including phenoxy) is 1. The normalized spacial score (nSPS) is 17.2. The number of rotatable bonds is 5. The minimum absolute atomic E-state index is 0.0400. The Morgan fingerprint density at radius 3 is 2.55 bits per heavy atom. The van der Waals surface area contributed by atoms with Crippen molar-refractivity contribution in [2.24, 2.45) is 0 Å². The van der Waals surface area contributed by atoms with E-state index in [1.54, 1.807) is 12.3 Å². The van der Waals surface area contributed by atoms with Gasteiger partial charge < -0.3 is 15.4 Å². The number of hydrogen-bond acceptors (Lipinski definition) is 7. The molecule has 29 heavy (non-hydrogen) atoms. The van der Waals surface area contributed by atoms with Gasteiger partial charge in [-0.1, -0.05) is 12.1 Å². The highest BCUT2D eigenvalue weighted by Gasteiger charge is 2.24. The highest BCUT2D eigenvalue weighted by molar-refractivity contribution is 5.62. The maximum absolute atomic E-state index is 6.01. The molecule has 0 aliphatic carbocycles. The van der Waals surface area contributed by atoms with Gasteiger partial charge in [0.25, 0.3) is 0 Å². The largest absolute Gasteiger partial charge is 0.384 e. The maximum Gasteiger partial charge on any atom is 0.132 e. The van der Waals surface area contributed by atoms with Gasteiger partial charge in [-0.3, -0.25) is 9.88 Å². The summed E-state index contributed by atoms with van der Waals surface area (Å²) < 4.78 is 6.01. The van der Waals surface area contributed by atoms with Crippen LogP contribution in [0.15, 0.2) is 55.0 Å². The van der Waals surface area contributed by atoms with Gasteiger partial charge in [-0.25, -0.2) is 9.97 Å². The number of pyridine rings is 3. The first-order valence-corrected chi connectivity index (χ1v) is 9.73. The molecule has 0 radical (unpaired) electrons.